The van der Waals surface area contributed by atoms with Gasteiger partial charge in [-0.15, -0.1) is 11.8 Å². The van der Waals surface area contributed by atoms with Gasteiger partial charge in [0, 0.05) is 10.6 Å². The quantitative estimate of drug-likeness (QED) is 0.634. The number of hydrogen-bond acceptors (Lipinski definition) is 3. The predicted molar refractivity (Wildman–Crippen MR) is 63.9 cm³/mol. The summed E-state index contributed by atoms with van der Waals surface area (Å²) in [6, 6.07) is 9.98. The monoisotopic (exact) mass is 219 g/mol. The van der Waals surface area contributed by atoms with Gasteiger partial charge < -0.3 is 10.2 Å². The van der Waals surface area contributed by atoms with E-state index in [1.165, 1.54) is 5.56 Å². The molecule has 0 fully saturated rings. The Morgan fingerprint density at radius 1 is 1.33 bits per heavy atom. The normalized spacial score (nSPS) is 10.5. The van der Waals surface area contributed by atoms with Crippen molar-refractivity contribution in [2.45, 2.75) is 17.6 Å². The standard InChI is InChI=1S/C12H13NOS/c1-9-4-5-12(11(13)7-9)15-8-10-3-2-6-14-10/h2-7H,8,13H2,1H3. The molecule has 0 saturated heterocycles. The van der Waals surface area contributed by atoms with Crippen LogP contribution in [-0.2, 0) is 5.75 Å². The molecular weight excluding hydrogens is 206 g/mol. The van der Waals surface area contributed by atoms with Crippen molar-refractivity contribution in [3.05, 3.63) is 47.9 Å². The van der Waals surface area contributed by atoms with Gasteiger partial charge >= 0.3 is 0 Å². The van der Waals surface area contributed by atoms with Gasteiger partial charge in [-0.25, -0.2) is 0 Å². The zero-order chi connectivity index (χ0) is 10.7. The minimum absolute atomic E-state index is 0.820. The first kappa shape index (κ1) is 10.2. The van der Waals surface area contributed by atoms with Gasteiger partial charge in [0.25, 0.3) is 0 Å². The molecule has 0 aliphatic carbocycles. The van der Waals surface area contributed by atoms with E-state index >= 15 is 0 Å². The highest BCUT2D eigenvalue weighted by Gasteiger charge is 2.02. The number of rotatable bonds is 3. The van der Waals surface area contributed by atoms with Crippen molar-refractivity contribution in [1.29, 1.82) is 0 Å². The molecule has 1 aromatic carbocycles. The molecule has 0 aliphatic heterocycles. The lowest BCUT2D eigenvalue weighted by Gasteiger charge is -2.04. The number of thioether (sulfide) groups is 1. The van der Waals surface area contributed by atoms with Gasteiger partial charge in [-0.1, -0.05) is 6.07 Å². The molecule has 2 nitrogen and oxygen atoms in total. The lowest BCUT2D eigenvalue weighted by Crippen LogP contribution is -1.89. The summed E-state index contributed by atoms with van der Waals surface area (Å²) < 4.78 is 5.26. The average molecular weight is 219 g/mol. The molecule has 0 bridgehead atoms. The van der Waals surface area contributed by atoms with E-state index in [1.807, 2.05) is 25.1 Å². The molecule has 0 amide bonds. The van der Waals surface area contributed by atoms with Crippen LogP contribution in [0.3, 0.4) is 0 Å². The lowest BCUT2D eigenvalue weighted by molar-refractivity contribution is 0.530. The molecule has 1 heterocycles. The van der Waals surface area contributed by atoms with Crippen LogP contribution in [0.5, 0.6) is 0 Å². The molecule has 0 spiro atoms. The Hall–Kier alpha value is -1.35. The largest absolute Gasteiger partial charge is 0.468 e. The van der Waals surface area contributed by atoms with E-state index in [4.69, 9.17) is 10.2 Å². The Labute approximate surface area is 93.5 Å². The van der Waals surface area contributed by atoms with Crippen LogP contribution in [0.15, 0.2) is 45.9 Å². The van der Waals surface area contributed by atoms with Crippen molar-refractivity contribution in [2.24, 2.45) is 0 Å². The summed E-state index contributed by atoms with van der Waals surface area (Å²) in [5.74, 6) is 1.79. The Kier molecular flexibility index (Phi) is 3.02. The van der Waals surface area contributed by atoms with Crippen LogP contribution in [0.1, 0.15) is 11.3 Å². The van der Waals surface area contributed by atoms with Gasteiger partial charge in [0.2, 0.25) is 0 Å². The van der Waals surface area contributed by atoms with Gasteiger partial charge in [-0.3, -0.25) is 0 Å². The number of nitrogens with two attached hydrogens (primary N) is 1. The summed E-state index contributed by atoms with van der Waals surface area (Å²) in [5, 5.41) is 0. The highest BCUT2D eigenvalue weighted by molar-refractivity contribution is 7.98. The summed E-state index contributed by atoms with van der Waals surface area (Å²) in [5.41, 5.74) is 7.94. The molecule has 2 rings (SSSR count). The molecule has 0 radical (unpaired) electrons. The van der Waals surface area contributed by atoms with Crippen LogP contribution in [0, 0.1) is 6.92 Å². The second-order valence-electron chi connectivity index (χ2n) is 3.41. The molecule has 0 unspecified atom stereocenters. The summed E-state index contributed by atoms with van der Waals surface area (Å²) in [4.78, 5) is 1.11. The minimum atomic E-state index is 0.820. The highest BCUT2D eigenvalue weighted by atomic mass is 32.2. The van der Waals surface area contributed by atoms with Gasteiger partial charge in [0.05, 0.1) is 12.0 Å². The third kappa shape index (κ3) is 2.57. The topological polar surface area (TPSA) is 39.2 Å². The summed E-state index contributed by atoms with van der Waals surface area (Å²) in [6.07, 6.45) is 1.69. The van der Waals surface area contributed by atoms with Crippen molar-refractivity contribution < 1.29 is 4.42 Å². The first-order valence-electron chi connectivity index (χ1n) is 4.77. The molecule has 3 heteroatoms. The van der Waals surface area contributed by atoms with Gasteiger partial charge in [0.15, 0.2) is 0 Å². The second kappa shape index (κ2) is 4.45. The number of hydrogen-bond donors (Lipinski definition) is 1. The van der Waals surface area contributed by atoms with E-state index < -0.39 is 0 Å². The molecule has 0 atom stereocenters. The Bertz CT molecular complexity index is 437. The van der Waals surface area contributed by atoms with E-state index in [2.05, 4.69) is 12.1 Å². The third-order valence-electron chi connectivity index (χ3n) is 2.12. The van der Waals surface area contributed by atoms with Crippen LogP contribution >= 0.6 is 11.8 Å². The van der Waals surface area contributed by atoms with Crippen molar-refractivity contribution in [1.82, 2.24) is 0 Å². The fourth-order valence-corrected chi connectivity index (χ4v) is 2.19. The van der Waals surface area contributed by atoms with Crippen molar-refractivity contribution >= 4 is 17.4 Å². The van der Waals surface area contributed by atoms with Crippen LogP contribution in [0.4, 0.5) is 5.69 Å². The number of benzene rings is 1. The van der Waals surface area contributed by atoms with Crippen molar-refractivity contribution in [2.75, 3.05) is 5.73 Å². The molecule has 0 aliphatic rings. The second-order valence-corrected chi connectivity index (χ2v) is 4.43. The number of furan rings is 1. The van der Waals surface area contributed by atoms with E-state index in [0.717, 1.165) is 22.1 Å². The van der Waals surface area contributed by atoms with E-state index in [1.54, 1.807) is 18.0 Å². The number of anilines is 1. The van der Waals surface area contributed by atoms with Crippen LogP contribution in [-0.4, -0.2) is 0 Å². The number of aryl methyl sites for hydroxylation is 1. The van der Waals surface area contributed by atoms with E-state index in [9.17, 15) is 0 Å². The predicted octanol–water partition coefficient (Wildman–Crippen LogP) is 3.46. The average Bonchev–Trinajstić information content (AvgIpc) is 2.69. The summed E-state index contributed by atoms with van der Waals surface area (Å²) in [6.45, 7) is 2.04. The zero-order valence-electron chi connectivity index (χ0n) is 8.57. The van der Waals surface area contributed by atoms with Gasteiger partial charge in [-0.2, -0.15) is 0 Å². The third-order valence-corrected chi connectivity index (χ3v) is 3.23. The molecule has 2 aromatic rings. The lowest BCUT2D eigenvalue weighted by atomic mass is 10.2. The molecular formula is C12H13NOS. The van der Waals surface area contributed by atoms with Crippen LogP contribution in [0.25, 0.3) is 0 Å². The maximum Gasteiger partial charge on any atom is 0.113 e. The Morgan fingerprint density at radius 3 is 2.87 bits per heavy atom. The summed E-state index contributed by atoms with van der Waals surface area (Å²) >= 11 is 1.69. The van der Waals surface area contributed by atoms with E-state index in [-0.39, 0.29) is 0 Å². The minimum Gasteiger partial charge on any atom is -0.468 e. The SMILES string of the molecule is Cc1ccc(SCc2ccco2)c(N)c1. The maximum absolute atomic E-state index is 5.91. The first-order chi connectivity index (χ1) is 7.25. The van der Waals surface area contributed by atoms with Crippen molar-refractivity contribution in [3.63, 3.8) is 0 Å². The van der Waals surface area contributed by atoms with Crippen LogP contribution < -0.4 is 5.73 Å². The maximum atomic E-state index is 5.91. The van der Waals surface area contributed by atoms with Gasteiger partial charge in [0.1, 0.15) is 5.76 Å². The zero-order valence-corrected chi connectivity index (χ0v) is 9.38. The highest BCUT2D eigenvalue weighted by Crippen LogP contribution is 2.28. The smallest absolute Gasteiger partial charge is 0.113 e. The Balaban J connectivity index is 2.05. The fourth-order valence-electron chi connectivity index (χ4n) is 1.34. The fraction of sp³-hybridized carbons (Fsp3) is 0.167. The molecule has 1 aromatic heterocycles. The Morgan fingerprint density at radius 2 is 2.20 bits per heavy atom. The first-order valence-corrected chi connectivity index (χ1v) is 5.75. The van der Waals surface area contributed by atoms with Gasteiger partial charge in [-0.05, 0) is 36.8 Å². The number of nitrogen functional groups attached to an aromatic ring is 1. The van der Waals surface area contributed by atoms with E-state index in [0.29, 0.717) is 0 Å². The molecule has 2 N–H and O–H groups in total. The van der Waals surface area contributed by atoms with Crippen LogP contribution in [0.2, 0.25) is 0 Å². The van der Waals surface area contributed by atoms with Crippen molar-refractivity contribution in [3.8, 4) is 0 Å². The summed E-state index contributed by atoms with van der Waals surface area (Å²) in [7, 11) is 0. The molecule has 15 heavy (non-hydrogen) atoms. The molecule has 0 saturated carbocycles. The molecule has 78 valence electrons.